The van der Waals surface area contributed by atoms with E-state index in [1.165, 1.54) is 24.1 Å². The number of hydrogen-bond donors (Lipinski definition) is 1. The molecule has 0 radical (unpaired) electrons. The molecule has 1 saturated heterocycles. The van der Waals surface area contributed by atoms with Crippen molar-refractivity contribution in [3.63, 3.8) is 0 Å². The molecule has 1 aliphatic heterocycles. The molecule has 0 bridgehead atoms. The highest BCUT2D eigenvalue weighted by Gasteiger charge is 2.20. The molecule has 0 aliphatic carbocycles. The fraction of sp³-hybridized carbons (Fsp3) is 0.571. The van der Waals surface area contributed by atoms with Crippen molar-refractivity contribution in [2.24, 2.45) is 5.92 Å². The van der Waals surface area contributed by atoms with Crippen LogP contribution in [0.4, 0.5) is 11.4 Å². The molecule has 3 nitrogen and oxygen atoms in total. The van der Waals surface area contributed by atoms with Crippen LogP contribution < -0.4 is 10.6 Å². The normalized spacial score (nSPS) is 17.2. The molecule has 1 heterocycles. The molecule has 0 atom stereocenters. The standard InChI is InChI=1S/C14H21ClN2O/c1-10-7-13(16)12(15)8-14(10)17-5-3-11(4-6-17)9-18-2/h7-8,11H,3-6,9,16H2,1-2H3. The Bertz CT molecular complexity index is 415. The van der Waals surface area contributed by atoms with Gasteiger partial charge in [-0.2, -0.15) is 0 Å². The number of halogens is 1. The third-order valence-corrected chi connectivity index (χ3v) is 4.00. The maximum absolute atomic E-state index is 6.11. The Kier molecular flexibility index (Phi) is 4.36. The highest BCUT2D eigenvalue weighted by molar-refractivity contribution is 6.33. The average molecular weight is 269 g/mol. The van der Waals surface area contributed by atoms with E-state index in [1.807, 2.05) is 12.1 Å². The number of piperidine rings is 1. The van der Waals surface area contributed by atoms with E-state index in [1.54, 1.807) is 7.11 Å². The summed E-state index contributed by atoms with van der Waals surface area (Å²) < 4.78 is 5.22. The topological polar surface area (TPSA) is 38.5 Å². The minimum atomic E-state index is 0.648. The SMILES string of the molecule is COCC1CCN(c2cc(Cl)c(N)cc2C)CC1. The summed E-state index contributed by atoms with van der Waals surface area (Å²) >= 11 is 6.11. The van der Waals surface area contributed by atoms with E-state index in [4.69, 9.17) is 22.1 Å². The summed E-state index contributed by atoms with van der Waals surface area (Å²) in [5, 5.41) is 0.648. The zero-order valence-electron chi connectivity index (χ0n) is 11.1. The van der Waals surface area contributed by atoms with Crippen molar-refractivity contribution in [1.82, 2.24) is 0 Å². The number of benzene rings is 1. The Morgan fingerprint density at radius 2 is 2.06 bits per heavy atom. The summed E-state index contributed by atoms with van der Waals surface area (Å²) in [7, 11) is 1.77. The number of ether oxygens (including phenoxy) is 1. The third-order valence-electron chi connectivity index (χ3n) is 3.67. The molecular formula is C14H21ClN2O. The fourth-order valence-corrected chi connectivity index (χ4v) is 2.77. The van der Waals surface area contributed by atoms with Gasteiger partial charge in [0.2, 0.25) is 0 Å². The quantitative estimate of drug-likeness (QED) is 0.856. The highest BCUT2D eigenvalue weighted by Crippen LogP contribution is 2.31. The van der Waals surface area contributed by atoms with Crippen LogP contribution in [0.5, 0.6) is 0 Å². The van der Waals surface area contributed by atoms with E-state index < -0.39 is 0 Å². The van der Waals surface area contributed by atoms with Crippen LogP contribution >= 0.6 is 11.6 Å². The lowest BCUT2D eigenvalue weighted by Gasteiger charge is -2.34. The lowest BCUT2D eigenvalue weighted by molar-refractivity contribution is 0.139. The van der Waals surface area contributed by atoms with Gasteiger partial charge in [-0.05, 0) is 43.4 Å². The molecule has 100 valence electrons. The van der Waals surface area contributed by atoms with Crippen molar-refractivity contribution < 1.29 is 4.74 Å². The monoisotopic (exact) mass is 268 g/mol. The number of nitrogen functional groups attached to an aromatic ring is 1. The molecule has 0 spiro atoms. The Balaban J connectivity index is 2.07. The molecule has 4 heteroatoms. The van der Waals surface area contributed by atoms with Crippen LogP contribution in [0.2, 0.25) is 5.02 Å². The Morgan fingerprint density at radius 1 is 1.39 bits per heavy atom. The van der Waals surface area contributed by atoms with E-state index in [-0.39, 0.29) is 0 Å². The van der Waals surface area contributed by atoms with Crippen LogP contribution in [0.15, 0.2) is 12.1 Å². The number of rotatable bonds is 3. The van der Waals surface area contributed by atoms with Gasteiger partial charge in [0.15, 0.2) is 0 Å². The maximum atomic E-state index is 6.11. The molecule has 1 aromatic carbocycles. The van der Waals surface area contributed by atoms with E-state index in [0.717, 1.165) is 19.7 Å². The van der Waals surface area contributed by atoms with E-state index >= 15 is 0 Å². The van der Waals surface area contributed by atoms with Crippen molar-refractivity contribution in [2.45, 2.75) is 19.8 Å². The average Bonchev–Trinajstić information content (AvgIpc) is 2.35. The van der Waals surface area contributed by atoms with Gasteiger partial charge in [-0.3, -0.25) is 0 Å². The van der Waals surface area contributed by atoms with Gasteiger partial charge in [-0.15, -0.1) is 0 Å². The summed E-state index contributed by atoms with van der Waals surface area (Å²) in [5.74, 6) is 0.691. The van der Waals surface area contributed by atoms with Crippen LogP contribution in [0.25, 0.3) is 0 Å². The van der Waals surface area contributed by atoms with Crippen LogP contribution in [0, 0.1) is 12.8 Å². The predicted molar refractivity (Wildman–Crippen MR) is 77.4 cm³/mol. The second-order valence-electron chi connectivity index (χ2n) is 5.05. The molecule has 1 fully saturated rings. The molecule has 0 amide bonds. The molecule has 0 saturated carbocycles. The minimum absolute atomic E-state index is 0.648. The van der Waals surface area contributed by atoms with Gasteiger partial charge in [-0.25, -0.2) is 0 Å². The summed E-state index contributed by atoms with van der Waals surface area (Å²) in [6.07, 6.45) is 2.35. The molecule has 2 N–H and O–H groups in total. The third kappa shape index (κ3) is 2.90. The summed E-state index contributed by atoms with van der Waals surface area (Å²) in [4.78, 5) is 2.40. The van der Waals surface area contributed by atoms with Crippen LogP contribution in [0.1, 0.15) is 18.4 Å². The van der Waals surface area contributed by atoms with E-state index in [9.17, 15) is 0 Å². The Morgan fingerprint density at radius 3 is 2.67 bits per heavy atom. The van der Waals surface area contributed by atoms with Crippen molar-refractivity contribution in [3.05, 3.63) is 22.7 Å². The highest BCUT2D eigenvalue weighted by atomic mass is 35.5. The smallest absolute Gasteiger partial charge is 0.0656 e. The van der Waals surface area contributed by atoms with E-state index in [2.05, 4.69) is 11.8 Å². The first kappa shape index (κ1) is 13.5. The lowest BCUT2D eigenvalue weighted by Crippen LogP contribution is -2.35. The minimum Gasteiger partial charge on any atom is -0.398 e. The van der Waals surface area contributed by atoms with Gasteiger partial charge in [0.05, 0.1) is 10.7 Å². The first-order valence-electron chi connectivity index (χ1n) is 6.41. The molecule has 0 unspecified atom stereocenters. The van der Waals surface area contributed by atoms with Gasteiger partial charge in [0.25, 0.3) is 0 Å². The first-order chi connectivity index (χ1) is 8.61. The lowest BCUT2D eigenvalue weighted by atomic mass is 9.97. The van der Waals surface area contributed by atoms with Gasteiger partial charge in [-0.1, -0.05) is 11.6 Å². The fourth-order valence-electron chi connectivity index (χ4n) is 2.61. The first-order valence-corrected chi connectivity index (χ1v) is 6.79. The van der Waals surface area contributed by atoms with Gasteiger partial charge in [0.1, 0.15) is 0 Å². The molecule has 2 rings (SSSR count). The van der Waals surface area contributed by atoms with Crippen molar-refractivity contribution in [2.75, 3.05) is 37.4 Å². The van der Waals surface area contributed by atoms with Gasteiger partial charge >= 0.3 is 0 Å². The zero-order valence-corrected chi connectivity index (χ0v) is 11.8. The Hall–Kier alpha value is -0.930. The zero-order chi connectivity index (χ0) is 13.1. The number of anilines is 2. The van der Waals surface area contributed by atoms with Gasteiger partial charge < -0.3 is 15.4 Å². The largest absolute Gasteiger partial charge is 0.398 e. The van der Waals surface area contributed by atoms with Crippen molar-refractivity contribution >= 4 is 23.0 Å². The summed E-state index contributed by atoms with van der Waals surface area (Å²) in [6.45, 7) is 5.09. The van der Waals surface area contributed by atoms with E-state index in [0.29, 0.717) is 16.6 Å². The molecule has 0 aromatic heterocycles. The van der Waals surface area contributed by atoms with Crippen LogP contribution in [0.3, 0.4) is 0 Å². The molecule has 18 heavy (non-hydrogen) atoms. The number of nitrogens with two attached hydrogens (primary N) is 1. The maximum Gasteiger partial charge on any atom is 0.0656 e. The number of aryl methyl sites for hydroxylation is 1. The molecule has 1 aliphatic rings. The Labute approximate surface area is 114 Å². The predicted octanol–water partition coefficient (Wildman–Crippen LogP) is 3.09. The van der Waals surface area contributed by atoms with Crippen LogP contribution in [-0.2, 0) is 4.74 Å². The summed E-state index contributed by atoms with van der Waals surface area (Å²) in [6, 6.07) is 3.95. The summed E-state index contributed by atoms with van der Waals surface area (Å²) in [5.41, 5.74) is 8.88. The second-order valence-corrected chi connectivity index (χ2v) is 5.45. The van der Waals surface area contributed by atoms with Crippen molar-refractivity contribution in [3.8, 4) is 0 Å². The van der Waals surface area contributed by atoms with Gasteiger partial charge in [0, 0.05) is 32.5 Å². The second kappa shape index (κ2) is 5.81. The van der Waals surface area contributed by atoms with Crippen LogP contribution in [-0.4, -0.2) is 26.8 Å². The van der Waals surface area contributed by atoms with Crippen molar-refractivity contribution in [1.29, 1.82) is 0 Å². The molecule has 1 aromatic rings. The number of nitrogens with zero attached hydrogens (tertiary/aromatic N) is 1. The number of hydrogen-bond acceptors (Lipinski definition) is 3. The number of methoxy groups -OCH3 is 1. The molecular weight excluding hydrogens is 248 g/mol.